The molecule has 7 heteroatoms. The zero-order chi connectivity index (χ0) is 18.9. The Balaban J connectivity index is 1.98. The number of hydrogen-bond acceptors (Lipinski definition) is 4. The first-order valence-corrected chi connectivity index (χ1v) is 10.6. The molecule has 0 spiro atoms. The molecule has 0 bridgehead atoms. The SMILES string of the molecule is CCCS(=O)(=O)N[C@H]1CC(C)(C)Cc2c1cnn2-c1ccc(OC)cc1. The Hall–Kier alpha value is -1.86. The highest BCUT2D eigenvalue weighted by Gasteiger charge is 2.36. The van der Waals surface area contributed by atoms with Gasteiger partial charge < -0.3 is 4.74 Å². The highest BCUT2D eigenvalue weighted by Crippen LogP contribution is 2.41. The summed E-state index contributed by atoms with van der Waals surface area (Å²) in [6, 6.07) is 7.49. The van der Waals surface area contributed by atoms with Crippen molar-refractivity contribution in [1.29, 1.82) is 0 Å². The predicted molar refractivity (Wildman–Crippen MR) is 102 cm³/mol. The van der Waals surface area contributed by atoms with Crippen LogP contribution >= 0.6 is 0 Å². The van der Waals surface area contributed by atoms with Gasteiger partial charge in [0.15, 0.2) is 0 Å². The predicted octanol–water partition coefficient (Wildman–Crippen LogP) is 3.22. The minimum Gasteiger partial charge on any atom is -0.497 e. The maximum Gasteiger partial charge on any atom is 0.212 e. The lowest BCUT2D eigenvalue weighted by Gasteiger charge is -2.35. The van der Waals surface area contributed by atoms with Crippen molar-refractivity contribution in [2.24, 2.45) is 5.41 Å². The molecule has 1 aliphatic carbocycles. The van der Waals surface area contributed by atoms with E-state index in [0.717, 1.165) is 35.5 Å². The van der Waals surface area contributed by atoms with Gasteiger partial charge in [-0.15, -0.1) is 0 Å². The third-order valence-corrected chi connectivity index (χ3v) is 6.38. The summed E-state index contributed by atoms with van der Waals surface area (Å²) in [6.07, 6.45) is 4.01. The van der Waals surface area contributed by atoms with E-state index in [2.05, 4.69) is 23.7 Å². The van der Waals surface area contributed by atoms with Gasteiger partial charge in [-0.2, -0.15) is 5.10 Å². The summed E-state index contributed by atoms with van der Waals surface area (Å²) < 4.78 is 34.7. The molecule has 1 aliphatic rings. The van der Waals surface area contributed by atoms with Crippen LogP contribution in [0.15, 0.2) is 30.5 Å². The Kier molecular flexibility index (Phi) is 5.12. The van der Waals surface area contributed by atoms with Crippen LogP contribution < -0.4 is 9.46 Å². The fraction of sp³-hybridized carbons (Fsp3) is 0.526. The van der Waals surface area contributed by atoms with E-state index in [-0.39, 0.29) is 17.2 Å². The average molecular weight is 378 g/mol. The Bertz CT molecular complexity index is 870. The molecule has 142 valence electrons. The standard InChI is InChI=1S/C19H27N3O3S/c1-5-10-26(23,24)21-17-11-19(2,3)12-18-16(17)13-20-22(18)14-6-8-15(25-4)9-7-14/h6-9,13,17,21H,5,10-12H2,1-4H3/t17-/m0/s1. The van der Waals surface area contributed by atoms with Crippen molar-refractivity contribution in [3.63, 3.8) is 0 Å². The van der Waals surface area contributed by atoms with Crippen LogP contribution in [0.2, 0.25) is 0 Å². The van der Waals surface area contributed by atoms with Crippen LogP contribution in [0.5, 0.6) is 5.75 Å². The minimum absolute atomic E-state index is 0.0172. The highest BCUT2D eigenvalue weighted by atomic mass is 32.2. The Morgan fingerprint density at radius 2 is 2.00 bits per heavy atom. The molecule has 1 heterocycles. The molecule has 2 aromatic rings. The number of nitrogens with one attached hydrogen (secondary N) is 1. The molecule has 1 N–H and O–H groups in total. The maximum atomic E-state index is 12.3. The highest BCUT2D eigenvalue weighted by molar-refractivity contribution is 7.89. The van der Waals surface area contributed by atoms with Gasteiger partial charge in [-0.25, -0.2) is 17.8 Å². The van der Waals surface area contributed by atoms with Crippen molar-refractivity contribution in [2.45, 2.75) is 46.1 Å². The summed E-state index contributed by atoms with van der Waals surface area (Å²) >= 11 is 0. The summed E-state index contributed by atoms with van der Waals surface area (Å²) in [6.45, 7) is 6.21. The number of rotatable bonds is 6. The van der Waals surface area contributed by atoms with E-state index in [1.54, 1.807) is 13.3 Å². The molecule has 26 heavy (non-hydrogen) atoms. The van der Waals surface area contributed by atoms with Gasteiger partial charge in [0.25, 0.3) is 0 Å². The van der Waals surface area contributed by atoms with E-state index in [1.807, 2.05) is 35.9 Å². The normalized spacial score (nSPS) is 19.2. The lowest BCUT2D eigenvalue weighted by atomic mass is 9.74. The number of hydrogen-bond donors (Lipinski definition) is 1. The Labute approximate surface area is 155 Å². The van der Waals surface area contributed by atoms with Gasteiger partial charge in [0.05, 0.1) is 30.8 Å². The first-order chi connectivity index (χ1) is 12.2. The average Bonchev–Trinajstić information content (AvgIpc) is 2.97. The van der Waals surface area contributed by atoms with Gasteiger partial charge in [0.2, 0.25) is 10.0 Å². The molecular weight excluding hydrogens is 350 g/mol. The van der Waals surface area contributed by atoms with E-state index in [1.165, 1.54) is 0 Å². The molecule has 1 aromatic heterocycles. The second-order valence-electron chi connectivity index (χ2n) is 7.69. The van der Waals surface area contributed by atoms with Crippen LogP contribution in [0, 0.1) is 5.41 Å². The third-order valence-electron chi connectivity index (χ3n) is 4.79. The molecule has 1 aromatic carbocycles. The van der Waals surface area contributed by atoms with Crippen LogP contribution in [0.4, 0.5) is 0 Å². The Morgan fingerprint density at radius 3 is 2.62 bits per heavy atom. The molecule has 3 rings (SSSR count). The van der Waals surface area contributed by atoms with Crippen molar-refractivity contribution in [2.75, 3.05) is 12.9 Å². The zero-order valence-corrected chi connectivity index (χ0v) is 16.6. The summed E-state index contributed by atoms with van der Waals surface area (Å²) in [7, 11) is -1.65. The van der Waals surface area contributed by atoms with Crippen LogP contribution in [0.3, 0.4) is 0 Å². The number of nitrogens with zero attached hydrogens (tertiary/aromatic N) is 2. The molecule has 0 saturated carbocycles. The van der Waals surface area contributed by atoms with Crippen molar-refractivity contribution >= 4 is 10.0 Å². The van der Waals surface area contributed by atoms with E-state index in [9.17, 15) is 8.42 Å². The summed E-state index contributed by atoms with van der Waals surface area (Å²) in [5, 5.41) is 4.56. The van der Waals surface area contributed by atoms with Gasteiger partial charge in [-0.1, -0.05) is 20.8 Å². The van der Waals surface area contributed by atoms with Crippen molar-refractivity contribution < 1.29 is 13.2 Å². The maximum absolute atomic E-state index is 12.3. The molecule has 0 aliphatic heterocycles. The summed E-state index contributed by atoms with van der Waals surface area (Å²) in [5.41, 5.74) is 2.96. The second kappa shape index (κ2) is 7.04. The largest absolute Gasteiger partial charge is 0.497 e. The monoisotopic (exact) mass is 377 g/mol. The summed E-state index contributed by atoms with van der Waals surface area (Å²) in [5.74, 6) is 0.937. The van der Waals surface area contributed by atoms with Crippen molar-refractivity contribution in [1.82, 2.24) is 14.5 Å². The lowest BCUT2D eigenvalue weighted by Crippen LogP contribution is -2.37. The van der Waals surface area contributed by atoms with Gasteiger partial charge in [0, 0.05) is 11.3 Å². The van der Waals surface area contributed by atoms with E-state index in [0.29, 0.717) is 6.42 Å². The topological polar surface area (TPSA) is 73.2 Å². The van der Waals surface area contributed by atoms with E-state index >= 15 is 0 Å². The zero-order valence-electron chi connectivity index (χ0n) is 15.8. The molecule has 0 amide bonds. The van der Waals surface area contributed by atoms with Crippen molar-refractivity contribution in [3.05, 3.63) is 41.7 Å². The molecular formula is C19H27N3O3S. The van der Waals surface area contributed by atoms with Gasteiger partial charge in [0.1, 0.15) is 5.75 Å². The molecule has 6 nitrogen and oxygen atoms in total. The second-order valence-corrected chi connectivity index (χ2v) is 9.56. The smallest absolute Gasteiger partial charge is 0.212 e. The van der Waals surface area contributed by atoms with Crippen molar-refractivity contribution in [3.8, 4) is 11.4 Å². The van der Waals surface area contributed by atoms with Gasteiger partial charge in [-0.05, 0) is 48.9 Å². The third kappa shape index (κ3) is 3.94. The quantitative estimate of drug-likeness (QED) is 0.839. The number of sulfonamides is 1. The summed E-state index contributed by atoms with van der Waals surface area (Å²) in [4.78, 5) is 0. The number of benzene rings is 1. The molecule has 0 radical (unpaired) electrons. The van der Waals surface area contributed by atoms with E-state index < -0.39 is 10.0 Å². The minimum atomic E-state index is -3.29. The molecule has 0 saturated heterocycles. The van der Waals surface area contributed by atoms with Gasteiger partial charge in [-0.3, -0.25) is 0 Å². The molecule has 0 unspecified atom stereocenters. The van der Waals surface area contributed by atoms with Crippen LogP contribution in [-0.4, -0.2) is 31.1 Å². The molecule has 1 atom stereocenters. The first-order valence-electron chi connectivity index (χ1n) is 8.96. The lowest BCUT2D eigenvalue weighted by molar-refractivity contribution is 0.268. The van der Waals surface area contributed by atoms with E-state index in [4.69, 9.17) is 4.74 Å². The van der Waals surface area contributed by atoms with Crippen LogP contribution in [0.1, 0.15) is 50.9 Å². The Morgan fingerprint density at radius 1 is 1.31 bits per heavy atom. The van der Waals surface area contributed by atoms with Gasteiger partial charge >= 0.3 is 0 Å². The first kappa shape index (κ1) is 18.9. The van der Waals surface area contributed by atoms with Crippen LogP contribution in [-0.2, 0) is 16.4 Å². The van der Waals surface area contributed by atoms with Crippen LogP contribution in [0.25, 0.3) is 5.69 Å². The number of aromatic nitrogens is 2. The fourth-order valence-corrected chi connectivity index (χ4v) is 4.94. The molecule has 0 fully saturated rings. The number of fused-ring (bicyclic) bond motifs is 1. The number of ether oxygens (including phenoxy) is 1. The number of methoxy groups -OCH3 is 1. The fourth-order valence-electron chi connectivity index (χ4n) is 3.64.